The van der Waals surface area contributed by atoms with Gasteiger partial charge in [-0.15, -0.1) is 0 Å². The quantitative estimate of drug-likeness (QED) is 0.812. The zero-order valence-electron chi connectivity index (χ0n) is 14.8. The lowest BCUT2D eigenvalue weighted by atomic mass is 9.99. The zero-order valence-corrected chi connectivity index (χ0v) is 14.8. The summed E-state index contributed by atoms with van der Waals surface area (Å²) in [5.41, 5.74) is 0.479. The lowest BCUT2D eigenvalue weighted by molar-refractivity contribution is -0.181. The number of anilines is 1. The summed E-state index contributed by atoms with van der Waals surface area (Å²) in [6.45, 7) is 6.85. The molecule has 0 N–H and O–H groups in total. The molecule has 0 unspecified atom stereocenters. The van der Waals surface area contributed by atoms with E-state index >= 15 is 0 Å². The molecule has 0 aliphatic carbocycles. The van der Waals surface area contributed by atoms with Crippen molar-refractivity contribution in [2.45, 2.75) is 38.4 Å². The van der Waals surface area contributed by atoms with Gasteiger partial charge in [0.2, 0.25) is 0 Å². The maximum Gasteiger partial charge on any atom is 0.272 e. The molecule has 0 atom stereocenters. The number of rotatable bonds is 2. The van der Waals surface area contributed by atoms with Crippen LogP contribution in [-0.2, 0) is 9.47 Å². The van der Waals surface area contributed by atoms with Gasteiger partial charge >= 0.3 is 0 Å². The molecule has 1 amide bonds. The van der Waals surface area contributed by atoms with Crippen molar-refractivity contribution in [3.63, 3.8) is 0 Å². The van der Waals surface area contributed by atoms with Crippen LogP contribution in [0.25, 0.3) is 0 Å². The summed E-state index contributed by atoms with van der Waals surface area (Å²) in [4.78, 5) is 25.5. The highest BCUT2D eigenvalue weighted by Crippen LogP contribution is 2.31. The van der Waals surface area contributed by atoms with E-state index in [1.807, 2.05) is 11.0 Å². The smallest absolute Gasteiger partial charge is 0.272 e. The Bertz CT molecular complexity index is 615. The molecule has 136 valence electrons. The van der Waals surface area contributed by atoms with Gasteiger partial charge in [-0.2, -0.15) is 0 Å². The zero-order chi connectivity index (χ0) is 17.3. The Morgan fingerprint density at radius 3 is 2.48 bits per heavy atom. The van der Waals surface area contributed by atoms with Crippen LogP contribution in [0.4, 0.5) is 5.82 Å². The van der Waals surface area contributed by atoms with Gasteiger partial charge < -0.3 is 19.3 Å². The summed E-state index contributed by atoms with van der Waals surface area (Å²) in [6, 6.07) is 1.84. The summed E-state index contributed by atoms with van der Waals surface area (Å²) >= 11 is 0. The summed E-state index contributed by atoms with van der Waals surface area (Å²) in [5, 5.41) is 0. The average Bonchev–Trinajstić information content (AvgIpc) is 3.10. The van der Waals surface area contributed by atoms with Crippen LogP contribution in [0.2, 0.25) is 0 Å². The number of likely N-dealkylation sites (tertiary alicyclic amines) is 1. The van der Waals surface area contributed by atoms with Crippen LogP contribution in [0.5, 0.6) is 0 Å². The first-order chi connectivity index (χ1) is 12.2. The van der Waals surface area contributed by atoms with Gasteiger partial charge in [-0.25, -0.2) is 9.97 Å². The molecule has 0 aromatic carbocycles. The molecule has 3 aliphatic heterocycles. The Morgan fingerprint density at radius 2 is 1.80 bits per heavy atom. The van der Waals surface area contributed by atoms with E-state index in [1.54, 1.807) is 0 Å². The van der Waals surface area contributed by atoms with Crippen molar-refractivity contribution in [1.82, 2.24) is 14.9 Å². The van der Waals surface area contributed by atoms with E-state index in [9.17, 15) is 4.79 Å². The molecule has 0 saturated carbocycles. The Labute approximate surface area is 148 Å². The van der Waals surface area contributed by atoms with Crippen molar-refractivity contribution >= 4 is 11.7 Å². The maximum absolute atomic E-state index is 12.8. The lowest BCUT2D eigenvalue weighted by Gasteiger charge is -2.37. The van der Waals surface area contributed by atoms with Crippen molar-refractivity contribution in [3.8, 4) is 0 Å². The van der Waals surface area contributed by atoms with Gasteiger partial charge in [0.05, 0.1) is 13.2 Å². The second kappa shape index (κ2) is 6.88. The van der Waals surface area contributed by atoms with E-state index in [1.165, 1.54) is 19.2 Å². The van der Waals surface area contributed by atoms with E-state index in [2.05, 4.69) is 21.8 Å². The van der Waals surface area contributed by atoms with Gasteiger partial charge in [0, 0.05) is 45.1 Å². The normalized spacial score (nSPS) is 24.0. The average molecular weight is 346 g/mol. The summed E-state index contributed by atoms with van der Waals surface area (Å²) in [7, 11) is 0. The number of ether oxygens (including phenoxy) is 2. The highest BCUT2D eigenvalue weighted by atomic mass is 16.7. The fourth-order valence-electron chi connectivity index (χ4n) is 3.87. The summed E-state index contributed by atoms with van der Waals surface area (Å²) < 4.78 is 11.5. The molecule has 3 aliphatic rings. The molecule has 3 saturated heterocycles. The van der Waals surface area contributed by atoms with Gasteiger partial charge in [0.25, 0.3) is 5.91 Å². The highest BCUT2D eigenvalue weighted by Gasteiger charge is 2.41. The third kappa shape index (κ3) is 3.48. The Morgan fingerprint density at radius 1 is 1.12 bits per heavy atom. The van der Waals surface area contributed by atoms with Crippen LogP contribution >= 0.6 is 0 Å². The van der Waals surface area contributed by atoms with E-state index in [4.69, 9.17) is 9.47 Å². The van der Waals surface area contributed by atoms with Gasteiger partial charge in [0.15, 0.2) is 5.79 Å². The third-order valence-corrected chi connectivity index (χ3v) is 5.61. The first-order valence-electron chi connectivity index (χ1n) is 9.29. The number of aromatic nitrogens is 2. The van der Waals surface area contributed by atoms with Crippen molar-refractivity contribution < 1.29 is 14.3 Å². The van der Waals surface area contributed by atoms with Crippen molar-refractivity contribution in [1.29, 1.82) is 0 Å². The van der Waals surface area contributed by atoms with Crippen LogP contribution in [0.15, 0.2) is 12.4 Å². The van der Waals surface area contributed by atoms with Crippen molar-refractivity contribution in [3.05, 3.63) is 18.1 Å². The van der Waals surface area contributed by atoms with Gasteiger partial charge in [-0.05, 0) is 18.8 Å². The summed E-state index contributed by atoms with van der Waals surface area (Å²) in [5.74, 6) is 1.14. The molecular weight excluding hydrogens is 320 g/mol. The van der Waals surface area contributed by atoms with Crippen molar-refractivity contribution in [2.75, 3.05) is 44.3 Å². The van der Waals surface area contributed by atoms with Gasteiger partial charge in [-0.3, -0.25) is 4.79 Å². The fraction of sp³-hybridized carbons (Fsp3) is 0.722. The van der Waals surface area contributed by atoms with Crippen LogP contribution in [0.1, 0.15) is 43.1 Å². The lowest BCUT2D eigenvalue weighted by Crippen LogP contribution is -2.47. The molecule has 7 nitrogen and oxygen atoms in total. The first kappa shape index (κ1) is 16.7. The topological polar surface area (TPSA) is 67.8 Å². The second-order valence-corrected chi connectivity index (χ2v) is 7.33. The largest absolute Gasteiger partial charge is 0.356 e. The number of hydrogen-bond acceptors (Lipinski definition) is 6. The van der Waals surface area contributed by atoms with E-state index in [0.717, 1.165) is 37.7 Å². The molecule has 4 heterocycles. The minimum atomic E-state index is -0.460. The Kier molecular flexibility index (Phi) is 4.60. The summed E-state index contributed by atoms with van der Waals surface area (Å²) in [6.07, 6.45) is 5.29. The van der Waals surface area contributed by atoms with Crippen LogP contribution in [0, 0.1) is 5.92 Å². The molecule has 25 heavy (non-hydrogen) atoms. The predicted molar refractivity (Wildman–Crippen MR) is 92.4 cm³/mol. The number of hydrogen-bond donors (Lipinski definition) is 0. The first-order valence-corrected chi connectivity index (χ1v) is 9.29. The molecule has 4 rings (SSSR count). The van der Waals surface area contributed by atoms with Gasteiger partial charge in [0.1, 0.15) is 17.8 Å². The molecule has 3 fully saturated rings. The van der Waals surface area contributed by atoms with Crippen LogP contribution in [-0.4, -0.2) is 66.0 Å². The Hall–Kier alpha value is -1.73. The van der Waals surface area contributed by atoms with Crippen LogP contribution < -0.4 is 4.90 Å². The molecule has 0 radical (unpaired) electrons. The second-order valence-electron chi connectivity index (χ2n) is 7.33. The molecule has 1 spiro atoms. The number of nitrogens with zero attached hydrogens (tertiary/aromatic N) is 4. The number of carbonyl (C=O) groups is 1. The number of amides is 1. The molecule has 1 aromatic heterocycles. The van der Waals surface area contributed by atoms with E-state index in [-0.39, 0.29) is 5.91 Å². The van der Waals surface area contributed by atoms with Crippen molar-refractivity contribution in [2.24, 2.45) is 5.92 Å². The third-order valence-electron chi connectivity index (χ3n) is 5.61. The maximum atomic E-state index is 12.8. The number of piperidine rings is 2. The molecule has 7 heteroatoms. The molecular formula is C18H26N4O3. The van der Waals surface area contributed by atoms with E-state index in [0.29, 0.717) is 32.0 Å². The minimum absolute atomic E-state index is 0.0260. The minimum Gasteiger partial charge on any atom is -0.356 e. The van der Waals surface area contributed by atoms with E-state index < -0.39 is 5.79 Å². The van der Waals surface area contributed by atoms with Crippen LogP contribution in [0.3, 0.4) is 0 Å². The molecule has 1 aromatic rings. The molecule has 0 bridgehead atoms. The van der Waals surface area contributed by atoms with Gasteiger partial charge in [-0.1, -0.05) is 6.92 Å². The standard InChI is InChI=1S/C18H26N4O3/c1-14-2-6-21(7-3-14)16-12-15(19-13-20-16)17(23)22-8-4-18(5-9-22)24-10-11-25-18/h12-14H,2-11H2,1H3. The SMILES string of the molecule is CC1CCN(c2cc(C(=O)N3CCC4(CC3)OCCO4)ncn2)CC1. The monoisotopic (exact) mass is 346 g/mol. The Balaban J connectivity index is 1.41. The predicted octanol–water partition coefficient (Wildman–Crippen LogP) is 1.69. The highest BCUT2D eigenvalue weighted by molar-refractivity contribution is 5.93. The number of carbonyl (C=O) groups excluding carboxylic acids is 1. The fourth-order valence-corrected chi connectivity index (χ4v) is 3.87.